The number of hydrogen-bond donors (Lipinski definition) is 2. The van der Waals surface area contributed by atoms with Crippen LogP contribution in [0.25, 0.3) is 0 Å². The van der Waals surface area contributed by atoms with Crippen molar-refractivity contribution in [1.29, 1.82) is 0 Å². The Morgan fingerprint density at radius 2 is 1.94 bits per heavy atom. The lowest BCUT2D eigenvalue weighted by atomic mass is 9.97. The molecule has 0 heterocycles. The molecule has 3 heteroatoms. The number of methoxy groups -OCH3 is 1. The van der Waals surface area contributed by atoms with E-state index in [2.05, 4.69) is 44.4 Å². The van der Waals surface area contributed by atoms with Crippen molar-refractivity contribution in [2.75, 3.05) is 7.11 Å². The summed E-state index contributed by atoms with van der Waals surface area (Å²) in [5.74, 6) is 5.63. The summed E-state index contributed by atoms with van der Waals surface area (Å²) in [6, 6.07) is 6.70. The van der Waals surface area contributed by atoms with Gasteiger partial charge in [0.15, 0.2) is 0 Å². The lowest BCUT2D eigenvalue weighted by molar-refractivity contribution is 0.106. The Morgan fingerprint density at radius 1 is 1.24 bits per heavy atom. The molecule has 3 nitrogen and oxygen atoms in total. The van der Waals surface area contributed by atoms with Crippen LogP contribution in [0.15, 0.2) is 18.2 Å². The van der Waals surface area contributed by atoms with Gasteiger partial charge in [0.2, 0.25) is 0 Å². The van der Waals surface area contributed by atoms with Gasteiger partial charge in [0, 0.05) is 13.2 Å². The molecule has 0 amide bonds. The topological polar surface area (TPSA) is 47.3 Å². The van der Waals surface area contributed by atoms with Gasteiger partial charge in [-0.15, -0.1) is 0 Å². The largest absolute Gasteiger partial charge is 0.382 e. The summed E-state index contributed by atoms with van der Waals surface area (Å²) in [6.07, 6.45) is 2.25. The van der Waals surface area contributed by atoms with Crippen molar-refractivity contribution in [3.63, 3.8) is 0 Å². The first-order chi connectivity index (χ1) is 8.08. The van der Waals surface area contributed by atoms with Gasteiger partial charge >= 0.3 is 0 Å². The van der Waals surface area contributed by atoms with Crippen LogP contribution in [0.2, 0.25) is 0 Å². The Hall–Kier alpha value is -0.900. The van der Waals surface area contributed by atoms with Crippen molar-refractivity contribution in [3.05, 3.63) is 34.9 Å². The SMILES string of the molecule is COC(C)CCC(NN)c1ccc(C)c(C)c1. The molecule has 0 aliphatic carbocycles. The molecule has 0 aromatic heterocycles. The van der Waals surface area contributed by atoms with E-state index in [1.54, 1.807) is 7.11 Å². The van der Waals surface area contributed by atoms with Gasteiger partial charge in [0.05, 0.1) is 6.10 Å². The Morgan fingerprint density at radius 3 is 2.47 bits per heavy atom. The fourth-order valence-electron chi connectivity index (χ4n) is 1.85. The molecule has 2 unspecified atom stereocenters. The first-order valence-corrected chi connectivity index (χ1v) is 6.14. The van der Waals surface area contributed by atoms with Gasteiger partial charge in [0.25, 0.3) is 0 Å². The number of benzene rings is 1. The van der Waals surface area contributed by atoms with E-state index < -0.39 is 0 Å². The van der Waals surface area contributed by atoms with E-state index in [1.165, 1.54) is 16.7 Å². The second kappa shape index (κ2) is 6.74. The molecule has 3 N–H and O–H groups in total. The summed E-state index contributed by atoms with van der Waals surface area (Å²) in [5, 5.41) is 0. The molecule has 2 atom stereocenters. The highest BCUT2D eigenvalue weighted by Crippen LogP contribution is 2.21. The standard InChI is InChI=1S/C14H24N2O/c1-10-5-7-13(9-11(10)2)14(16-15)8-6-12(3)17-4/h5,7,9,12,14,16H,6,8,15H2,1-4H3. The fraction of sp³-hybridized carbons (Fsp3) is 0.571. The van der Waals surface area contributed by atoms with Crippen molar-refractivity contribution in [1.82, 2.24) is 5.43 Å². The van der Waals surface area contributed by atoms with E-state index in [1.807, 2.05) is 0 Å². The van der Waals surface area contributed by atoms with Crippen LogP contribution in [0, 0.1) is 13.8 Å². The van der Waals surface area contributed by atoms with Gasteiger partial charge in [0.1, 0.15) is 0 Å². The maximum Gasteiger partial charge on any atom is 0.0543 e. The molecule has 0 fully saturated rings. The summed E-state index contributed by atoms with van der Waals surface area (Å²) in [4.78, 5) is 0. The lowest BCUT2D eigenvalue weighted by Gasteiger charge is -2.19. The number of nitrogens with two attached hydrogens (primary N) is 1. The molecule has 1 rings (SSSR count). The zero-order chi connectivity index (χ0) is 12.8. The average Bonchev–Trinajstić information content (AvgIpc) is 2.33. The first-order valence-electron chi connectivity index (χ1n) is 6.14. The van der Waals surface area contributed by atoms with Crippen molar-refractivity contribution in [3.8, 4) is 0 Å². The molecule has 0 radical (unpaired) electrons. The zero-order valence-electron chi connectivity index (χ0n) is 11.3. The smallest absolute Gasteiger partial charge is 0.0543 e. The highest BCUT2D eigenvalue weighted by Gasteiger charge is 2.12. The Kier molecular flexibility index (Phi) is 5.62. The molecule has 0 spiro atoms. The molecule has 0 saturated carbocycles. The van der Waals surface area contributed by atoms with Crippen molar-refractivity contribution in [2.45, 2.75) is 45.8 Å². The molecule has 0 saturated heterocycles. The molecule has 96 valence electrons. The van der Waals surface area contributed by atoms with E-state index in [-0.39, 0.29) is 12.1 Å². The van der Waals surface area contributed by atoms with Gasteiger partial charge in [-0.05, 0) is 50.3 Å². The first kappa shape index (κ1) is 14.2. The van der Waals surface area contributed by atoms with Crippen molar-refractivity contribution < 1.29 is 4.74 Å². The number of aryl methyl sites for hydroxylation is 2. The van der Waals surface area contributed by atoms with Crippen LogP contribution >= 0.6 is 0 Å². The Bertz CT molecular complexity index is 352. The van der Waals surface area contributed by atoms with E-state index in [4.69, 9.17) is 10.6 Å². The Labute approximate surface area is 104 Å². The third-order valence-electron chi connectivity index (χ3n) is 3.40. The van der Waals surface area contributed by atoms with Crippen molar-refractivity contribution >= 4 is 0 Å². The number of rotatable bonds is 6. The van der Waals surface area contributed by atoms with E-state index in [0.717, 1.165) is 12.8 Å². The minimum Gasteiger partial charge on any atom is -0.382 e. The molecule has 0 aliphatic rings. The van der Waals surface area contributed by atoms with Gasteiger partial charge in [-0.2, -0.15) is 0 Å². The Balaban J connectivity index is 2.69. The molecular formula is C14H24N2O. The average molecular weight is 236 g/mol. The maximum absolute atomic E-state index is 5.63. The quantitative estimate of drug-likeness (QED) is 0.589. The summed E-state index contributed by atoms with van der Waals surface area (Å²) >= 11 is 0. The minimum absolute atomic E-state index is 0.201. The normalized spacial score (nSPS) is 14.6. The van der Waals surface area contributed by atoms with Gasteiger partial charge in [-0.1, -0.05) is 18.2 Å². The third kappa shape index (κ3) is 4.11. The van der Waals surface area contributed by atoms with Gasteiger partial charge < -0.3 is 4.74 Å². The highest BCUT2D eigenvalue weighted by molar-refractivity contribution is 5.31. The van der Waals surface area contributed by atoms with Crippen LogP contribution in [0.4, 0.5) is 0 Å². The summed E-state index contributed by atoms with van der Waals surface area (Å²) < 4.78 is 5.26. The number of hydrogen-bond acceptors (Lipinski definition) is 3. The van der Waals surface area contributed by atoms with Crippen molar-refractivity contribution in [2.24, 2.45) is 5.84 Å². The predicted octanol–water partition coefficient (Wildman–Crippen LogP) is 2.62. The fourth-order valence-corrected chi connectivity index (χ4v) is 1.85. The van der Waals surface area contributed by atoms with E-state index >= 15 is 0 Å². The summed E-state index contributed by atoms with van der Waals surface area (Å²) in [7, 11) is 1.74. The number of hydrazine groups is 1. The number of ether oxygens (including phenoxy) is 1. The molecule has 0 bridgehead atoms. The van der Waals surface area contributed by atoms with Gasteiger partial charge in [-0.3, -0.25) is 11.3 Å². The van der Waals surface area contributed by atoms with Crippen LogP contribution in [0.1, 0.15) is 42.5 Å². The molecule has 1 aromatic carbocycles. The van der Waals surface area contributed by atoms with Crippen LogP contribution in [0.5, 0.6) is 0 Å². The lowest BCUT2D eigenvalue weighted by Crippen LogP contribution is -2.28. The third-order valence-corrected chi connectivity index (χ3v) is 3.40. The second-order valence-electron chi connectivity index (χ2n) is 4.69. The van der Waals surface area contributed by atoms with E-state index in [9.17, 15) is 0 Å². The van der Waals surface area contributed by atoms with Crippen LogP contribution in [-0.4, -0.2) is 13.2 Å². The molecule has 1 aromatic rings. The van der Waals surface area contributed by atoms with Crippen LogP contribution < -0.4 is 11.3 Å². The van der Waals surface area contributed by atoms with Crippen LogP contribution in [0.3, 0.4) is 0 Å². The van der Waals surface area contributed by atoms with E-state index in [0.29, 0.717) is 0 Å². The summed E-state index contributed by atoms with van der Waals surface area (Å²) in [6.45, 7) is 6.33. The molecule has 0 aliphatic heterocycles. The molecule has 17 heavy (non-hydrogen) atoms. The monoisotopic (exact) mass is 236 g/mol. The zero-order valence-corrected chi connectivity index (χ0v) is 11.3. The summed E-state index contributed by atoms with van der Waals surface area (Å²) in [5.41, 5.74) is 6.76. The van der Waals surface area contributed by atoms with Crippen LogP contribution in [-0.2, 0) is 4.74 Å². The molecular weight excluding hydrogens is 212 g/mol. The maximum atomic E-state index is 5.63. The highest BCUT2D eigenvalue weighted by atomic mass is 16.5. The second-order valence-corrected chi connectivity index (χ2v) is 4.69. The minimum atomic E-state index is 0.201. The predicted molar refractivity (Wildman–Crippen MR) is 71.7 cm³/mol. The number of nitrogens with one attached hydrogen (secondary N) is 1. The van der Waals surface area contributed by atoms with Gasteiger partial charge in [-0.25, -0.2) is 0 Å².